The fourth-order valence-electron chi connectivity index (χ4n) is 3.98. The predicted molar refractivity (Wildman–Crippen MR) is 133 cm³/mol. The number of aromatic nitrogens is 5. The molecule has 11 nitrogen and oxygen atoms in total. The van der Waals surface area contributed by atoms with Crippen molar-refractivity contribution in [3.8, 4) is 10.4 Å². The maximum atomic E-state index is 13.1. The summed E-state index contributed by atoms with van der Waals surface area (Å²) in [4.78, 5) is 33.7. The van der Waals surface area contributed by atoms with E-state index < -0.39 is 0 Å². The van der Waals surface area contributed by atoms with E-state index in [1.165, 1.54) is 11.3 Å². The molecular formula is C23H26N8O3S. The lowest BCUT2D eigenvalue weighted by Crippen LogP contribution is -2.44. The highest BCUT2D eigenvalue weighted by Crippen LogP contribution is 2.30. The van der Waals surface area contributed by atoms with Crippen LogP contribution in [0.4, 0.5) is 11.4 Å². The highest BCUT2D eigenvalue weighted by Gasteiger charge is 2.20. The van der Waals surface area contributed by atoms with Crippen LogP contribution in [0.25, 0.3) is 15.3 Å². The number of amides is 2. The summed E-state index contributed by atoms with van der Waals surface area (Å²) >= 11 is 1.47. The molecule has 0 aromatic carbocycles. The molecule has 0 spiro atoms. The molecule has 5 rings (SSSR count). The number of carbonyl (C=O) groups excluding carboxylic acids is 2. The van der Waals surface area contributed by atoms with Crippen LogP contribution >= 0.6 is 11.3 Å². The number of carbonyl (C=O) groups is 2. The topological polar surface area (TPSA) is 119 Å². The first-order valence-electron chi connectivity index (χ1n) is 11.2. The van der Waals surface area contributed by atoms with Crippen molar-refractivity contribution in [1.29, 1.82) is 0 Å². The van der Waals surface area contributed by atoms with Crippen molar-refractivity contribution in [1.82, 2.24) is 29.3 Å². The number of hydrogen-bond acceptors (Lipinski definition) is 8. The Kier molecular flexibility index (Phi) is 6.32. The lowest BCUT2D eigenvalue weighted by atomic mass is 10.2. The van der Waals surface area contributed by atoms with Crippen LogP contribution in [-0.2, 0) is 16.6 Å². The Hall–Kier alpha value is -3.61. The van der Waals surface area contributed by atoms with Gasteiger partial charge in [-0.05, 0) is 19.9 Å². The number of fused-ring (bicyclic) bond motifs is 1. The van der Waals surface area contributed by atoms with Gasteiger partial charge < -0.3 is 15.4 Å². The average molecular weight is 495 g/mol. The van der Waals surface area contributed by atoms with Crippen molar-refractivity contribution in [2.75, 3.05) is 36.9 Å². The molecule has 4 aromatic rings. The van der Waals surface area contributed by atoms with Crippen molar-refractivity contribution in [3.05, 3.63) is 48.3 Å². The Morgan fingerprint density at radius 2 is 2.06 bits per heavy atom. The molecule has 0 bridgehead atoms. The van der Waals surface area contributed by atoms with Crippen molar-refractivity contribution in [2.45, 2.75) is 20.0 Å². The fraction of sp³-hybridized carbons (Fsp3) is 0.348. The molecular weight excluding hydrogens is 468 g/mol. The molecule has 5 heterocycles. The van der Waals surface area contributed by atoms with E-state index >= 15 is 0 Å². The van der Waals surface area contributed by atoms with Gasteiger partial charge in [-0.25, -0.2) is 4.52 Å². The van der Waals surface area contributed by atoms with Gasteiger partial charge in [0.1, 0.15) is 4.83 Å². The molecule has 1 fully saturated rings. The van der Waals surface area contributed by atoms with Crippen molar-refractivity contribution < 1.29 is 14.3 Å². The molecule has 0 unspecified atom stereocenters. The summed E-state index contributed by atoms with van der Waals surface area (Å²) in [7, 11) is 1.86. The van der Waals surface area contributed by atoms with Crippen molar-refractivity contribution in [2.24, 2.45) is 7.05 Å². The number of nitrogens with zero attached hydrogens (tertiary/aromatic N) is 6. The second kappa shape index (κ2) is 9.56. The molecule has 2 amide bonds. The van der Waals surface area contributed by atoms with Gasteiger partial charge in [-0.3, -0.25) is 24.2 Å². The molecule has 4 aromatic heterocycles. The van der Waals surface area contributed by atoms with E-state index in [2.05, 4.69) is 30.7 Å². The minimum Gasteiger partial charge on any atom is -0.376 e. The standard InChI is InChI=1S/C23H26N8O3S/c1-14-10-30(4-5-34-14)13-21(32)27-17-6-19(15(2)24-8-17)28-22(33)18-9-26-31-12-20(35-23(18)31)16-7-25-29(3)11-16/h6-9,11-12,14H,4-5,10,13H2,1-3H3,(H,27,32)(H,28,33)/t14-/m0/s1. The SMILES string of the molecule is Cc1ncc(NC(=O)CN2CCO[C@@H](C)C2)cc1NC(=O)c1cnn2cc(-c3cnn(C)c3)sc12. The number of thiazole rings is 1. The molecule has 35 heavy (non-hydrogen) atoms. The number of rotatable bonds is 6. The lowest BCUT2D eigenvalue weighted by Gasteiger charge is -2.30. The number of aryl methyl sites for hydroxylation is 2. The van der Waals surface area contributed by atoms with E-state index in [4.69, 9.17) is 4.74 Å². The highest BCUT2D eigenvalue weighted by molar-refractivity contribution is 7.21. The molecule has 1 aliphatic rings. The van der Waals surface area contributed by atoms with Gasteiger partial charge in [0.05, 0.1) is 65.4 Å². The largest absolute Gasteiger partial charge is 0.376 e. The Bertz CT molecular complexity index is 1390. The lowest BCUT2D eigenvalue weighted by molar-refractivity contribution is -0.119. The van der Waals surface area contributed by atoms with Crippen molar-refractivity contribution >= 4 is 39.4 Å². The zero-order chi connectivity index (χ0) is 24.5. The number of hydrogen-bond donors (Lipinski definition) is 2. The van der Waals surface area contributed by atoms with E-state index in [0.717, 1.165) is 21.8 Å². The van der Waals surface area contributed by atoms with Gasteiger partial charge in [-0.1, -0.05) is 0 Å². The number of morpholine rings is 1. The number of ether oxygens (including phenoxy) is 1. The Morgan fingerprint density at radius 3 is 2.83 bits per heavy atom. The van der Waals surface area contributed by atoms with Crippen LogP contribution in [-0.4, -0.2) is 73.4 Å². The average Bonchev–Trinajstić information content (AvgIpc) is 3.51. The van der Waals surface area contributed by atoms with Crippen LogP contribution in [0.3, 0.4) is 0 Å². The summed E-state index contributed by atoms with van der Waals surface area (Å²) in [6, 6.07) is 1.72. The summed E-state index contributed by atoms with van der Waals surface area (Å²) in [5, 5.41) is 14.3. The third kappa shape index (κ3) is 5.09. The van der Waals surface area contributed by atoms with E-state index in [9.17, 15) is 9.59 Å². The quantitative estimate of drug-likeness (QED) is 0.423. The van der Waals surface area contributed by atoms with Crippen LogP contribution in [0.15, 0.2) is 37.1 Å². The summed E-state index contributed by atoms with van der Waals surface area (Å²) in [6.45, 7) is 6.12. The fourth-order valence-corrected chi connectivity index (χ4v) is 5.01. The molecule has 182 valence electrons. The van der Waals surface area contributed by atoms with Gasteiger partial charge in [-0.2, -0.15) is 10.2 Å². The third-order valence-corrected chi connectivity index (χ3v) is 6.90. The monoisotopic (exact) mass is 494 g/mol. The molecule has 0 radical (unpaired) electrons. The summed E-state index contributed by atoms with van der Waals surface area (Å²) < 4.78 is 8.94. The molecule has 1 atom stereocenters. The van der Waals surface area contributed by atoms with E-state index in [1.807, 2.05) is 26.4 Å². The Balaban J connectivity index is 1.29. The van der Waals surface area contributed by atoms with Gasteiger partial charge in [0.15, 0.2) is 0 Å². The van der Waals surface area contributed by atoms with E-state index in [0.29, 0.717) is 35.8 Å². The first-order valence-corrected chi connectivity index (χ1v) is 12.1. The summed E-state index contributed by atoms with van der Waals surface area (Å²) in [5.41, 5.74) is 3.11. The maximum absolute atomic E-state index is 13.1. The molecule has 0 saturated carbocycles. The van der Waals surface area contributed by atoms with Gasteiger partial charge in [0.25, 0.3) is 5.91 Å². The van der Waals surface area contributed by atoms with Crippen LogP contribution in [0.5, 0.6) is 0 Å². The van der Waals surface area contributed by atoms with Crippen molar-refractivity contribution in [3.63, 3.8) is 0 Å². The Labute approximate surface area is 205 Å². The molecule has 1 aliphatic heterocycles. The minimum atomic E-state index is -0.296. The third-order valence-electron chi connectivity index (χ3n) is 5.74. The molecule has 12 heteroatoms. The van der Waals surface area contributed by atoms with Crippen LogP contribution in [0.2, 0.25) is 0 Å². The first-order chi connectivity index (χ1) is 16.9. The summed E-state index contributed by atoms with van der Waals surface area (Å²) in [6.07, 6.45) is 8.82. The van der Waals surface area contributed by atoms with Crippen LogP contribution in [0, 0.1) is 6.92 Å². The second-order valence-electron chi connectivity index (χ2n) is 8.58. The van der Waals surface area contributed by atoms with Gasteiger partial charge in [0, 0.05) is 38.1 Å². The molecule has 0 aliphatic carbocycles. The summed E-state index contributed by atoms with van der Waals surface area (Å²) in [5.74, 6) is -0.433. The Morgan fingerprint density at radius 1 is 1.20 bits per heavy atom. The zero-order valence-electron chi connectivity index (χ0n) is 19.7. The smallest absolute Gasteiger partial charge is 0.260 e. The molecule has 1 saturated heterocycles. The number of pyridine rings is 1. The predicted octanol–water partition coefficient (Wildman–Crippen LogP) is 2.41. The van der Waals surface area contributed by atoms with Crippen LogP contribution in [0.1, 0.15) is 23.0 Å². The highest BCUT2D eigenvalue weighted by atomic mass is 32.1. The van der Waals surface area contributed by atoms with Crippen LogP contribution < -0.4 is 10.6 Å². The van der Waals surface area contributed by atoms with E-state index in [-0.39, 0.29) is 24.5 Å². The first kappa shape index (κ1) is 23.1. The van der Waals surface area contributed by atoms with E-state index in [1.54, 1.807) is 40.8 Å². The molecule has 2 N–H and O–H groups in total. The minimum absolute atomic E-state index is 0.110. The number of anilines is 2. The maximum Gasteiger partial charge on any atom is 0.260 e. The van der Waals surface area contributed by atoms with Gasteiger partial charge in [-0.15, -0.1) is 11.3 Å². The second-order valence-corrected chi connectivity index (χ2v) is 9.61. The van der Waals surface area contributed by atoms with Gasteiger partial charge in [0.2, 0.25) is 5.91 Å². The zero-order valence-corrected chi connectivity index (χ0v) is 20.5. The number of nitrogens with one attached hydrogen (secondary N) is 2. The van der Waals surface area contributed by atoms with Gasteiger partial charge >= 0.3 is 0 Å². The normalized spacial score (nSPS) is 16.5.